The zero-order valence-corrected chi connectivity index (χ0v) is 18.7. The zero-order valence-electron chi connectivity index (χ0n) is 17.1. The van der Waals surface area contributed by atoms with Gasteiger partial charge in [-0.3, -0.25) is 0 Å². The van der Waals surface area contributed by atoms with Crippen molar-refractivity contribution in [2.24, 2.45) is 0 Å². The number of aromatic nitrogens is 2. The highest BCUT2D eigenvalue weighted by molar-refractivity contribution is 7.89. The summed E-state index contributed by atoms with van der Waals surface area (Å²) in [4.78, 5) is 4.85. The molecule has 2 aromatic carbocycles. The molecular weight excluding hydrogens is 441 g/mol. The summed E-state index contributed by atoms with van der Waals surface area (Å²) in [5, 5.41) is 0.397. The molecule has 0 amide bonds. The van der Waals surface area contributed by atoms with Crippen LogP contribution in [0.2, 0.25) is 0 Å². The number of ether oxygens (including phenoxy) is 1. The van der Waals surface area contributed by atoms with E-state index in [1.807, 2.05) is 11.5 Å². The van der Waals surface area contributed by atoms with E-state index in [1.165, 1.54) is 16.4 Å². The lowest BCUT2D eigenvalue weighted by molar-refractivity contribution is 0.0730. The van der Waals surface area contributed by atoms with Crippen molar-refractivity contribution in [3.8, 4) is 0 Å². The Hall–Kier alpha value is -2.26. The summed E-state index contributed by atoms with van der Waals surface area (Å²) in [5.74, 6) is 0.226. The summed E-state index contributed by atoms with van der Waals surface area (Å²) in [6, 6.07) is 11.0. The van der Waals surface area contributed by atoms with Crippen LogP contribution >= 0.6 is 11.6 Å². The van der Waals surface area contributed by atoms with E-state index in [0.29, 0.717) is 49.2 Å². The molecule has 0 N–H and O–H groups in total. The Morgan fingerprint density at radius 1 is 1.19 bits per heavy atom. The Morgan fingerprint density at radius 2 is 1.90 bits per heavy atom. The lowest BCUT2D eigenvalue weighted by atomic mass is 10.2. The molecule has 0 atom stereocenters. The Morgan fingerprint density at radius 3 is 2.58 bits per heavy atom. The molecule has 3 aromatic rings. The third-order valence-corrected chi connectivity index (χ3v) is 7.32. The Kier molecular flexibility index (Phi) is 6.43. The molecule has 6 nitrogen and oxygen atoms in total. The number of benzene rings is 2. The highest BCUT2D eigenvalue weighted by Gasteiger charge is 2.27. The smallest absolute Gasteiger partial charge is 0.243 e. The van der Waals surface area contributed by atoms with Crippen molar-refractivity contribution in [3.05, 3.63) is 59.7 Å². The van der Waals surface area contributed by atoms with Crippen LogP contribution in [-0.4, -0.2) is 48.6 Å². The average Bonchev–Trinajstić information content (AvgIpc) is 3.14. The molecule has 164 valence electrons. The van der Waals surface area contributed by atoms with Gasteiger partial charge >= 0.3 is 0 Å². The highest BCUT2D eigenvalue weighted by Crippen LogP contribution is 2.29. The van der Waals surface area contributed by atoms with Crippen molar-refractivity contribution < 1.29 is 17.5 Å². The van der Waals surface area contributed by atoms with Gasteiger partial charge in [0.25, 0.3) is 0 Å². The molecule has 0 saturated carbocycles. The third kappa shape index (κ3) is 4.52. The van der Waals surface area contributed by atoms with Gasteiger partial charge < -0.3 is 9.30 Å². The number of aryl methyl sites for hydroxylation is 1. The van der Waals surface area contributed by atoms with Crippen LogP contribution in [0.3, 0.4) is 0 Å². The van der Waals surface area contributed by atoms with Crippen molar-refractivity contribution in [2.75, 3.05) is 26.3 Å². The maximum absolute atomic E-state index is 13.2. The highest BCUT2D eigenvalue weighted by atomic mass is 35.5. The zero-order chi connectivity index (χ0) is 22.0. The quantitative estimate of drug-likeness (QED) is 0.545. The first-order chi connectivity index (χ1) is 14.9. The van der Waals surface area contributed by atoms with Crippen LogP contribution in [0, 0.1) is 5.82 Å². The van der Waals surface area contributed by atoms with E-state index < -0.39 is 10.0 Å². The van der Waals surface area contributed by atoms with E-state index in [0.717, 1.165) is 17.5 Å². The summed E-state index contributed by atoms with van der Waals surface area (Å²) in [6.45, 7) is 4.17. The SMILES string of the molecule is CCCn1c(C(Cl)=Cc2ccc(F)cc2)nc2cc(S(=O)(=O)N3CCOCC3)ccc21. The first kappa shape index (κ1) is 22.0. The fourth-order valence-corrected chi connectivity index (χ4v) is 5.31. The first-order valence-corrected chi connectivity index (χ1v) is 11.9. The Bertz CT molecular complexity index is 1220. The molecule has 1 fully saturated rings. The monoisotopic (exact) mass is 463 g/mol. The second-order valence-corrected chi connectivity index (χ2v) is 9.64. The minimum atomic E-state index is -3.62. The van der Waals surface area contributed by atoms with Crippen LogP contribution in [0.15, 0.2) is 47.4 Å². The van der Waals surface area contributed by atoms with Gasteiger partial charge in [-0.1, -0.05) is 30.7 Å². The van der Waals surface area contributed by atoms with Crippen LogP contribution in [0.4, 0.5) is 4.39 Å². The molecular formula is C22H23ClFN3O3S. The number of halogens is 2. The average molecular weight is 464 g/mol. The molecule has 4 rings (SSSR count). The van der Waals surface area contributed by atoms with Crippen LogP contribution in [-0.2, 0) is 21.3 Å². The van der Waals surface area contributed by atoms with Crippen LogP contribution in [0.5, 0.6) is 0 Å². The molecule has 0 aliphatic carbocycles. The van der Waals surface area contributed by atoms with Crippen molar-refractivity contribution >= 4 is 43.8 Å². The first-order valence-electron chi connectivity index (χ1n) is 10.1. The number of imidazole rings is 1. The van der Waals surface area contributed by atoms with Crippen molar-refractivity contribution in [3.63, 3.8) is 0 Å². The predicted octanol–water partition coefficient (Wildman–Crippen LogP) is 4.34. The maximum atomic E-state index is 13.2. The lowest BCUT2D eigenvalue weighted by Crippen LogP contribution is -2.40. The second-order valence-electron chi connectivity index (χ2n) is 7.30. The summed E-state index contributed by atoms with van der Waals surface area (Å²) in [5.41, 5.74) is 2.11. The summed E-state index contributed by atoms with van der Waals surface area (Å²) >= 11 is 6.59. The van der Waals surface area contributed by atoms with E-state index >= 15 is 0 Å². The van der Waals surface area contributed by atoms with Crippen LogP contribution in [0.1, 0.15) is 24.7 Å². The molecule has 1 aromatic heterocycles. The molecule has 31 heavy (non-hydrogen) atoms. The van der Waals surface area contributed by atoms with E-state index in [1.54, 1.807) is 36.4 Å². The maximum Gasteiger partial charge on any atom is 0.243 e. The molecule has 0 bridgehead atoms. The van der Waals surface area contributed by atoms with Gasteiger partial charge in [-0.2, -0.15) is 4.31 Å². The fourth-order valence-electron chi connectivity index (χ4n) is 3.61. The minimum Gasteiger partial charge on any atom is -0.379 e. The number of nitrogens with zero attached hydrogens (tertiary/aromatic N) is 3. The van der Waals surface area contributed by atoms with Gasteiger partial charge in [-0.15, -0.1) is 0 Å². The Balaban J connectivity index is 1.76. The van der Waals surface area contributed by atoms with E-state index in [9.17, 15) is 12.8 Å². The molecule has 1 aliphatic heterocycles. The van der Waals surface area contributed by atoms with Gasteiger partial charge in [0.1, 0.15) is 5.82 Å². The van der Waals surface area contributed by atoms with Gasteiger partial charge in [0, 0.05) is 19.6 Å². The number of hydrogen-bond acceptors (Lipinski definition) is 4. The van der Waals surface area contributed by atoms with Crippen molar-refractivity contribution in [1.29, 1.82) is 0 Å². The molecule has 9 heteroatoms. The molecule has 1 saturated heterocycles. The number of sulfonamides is 1. The lowest BCUT2D eigenvalue weighted by Gasteiger charge is -2.26. The summed E-state index contributed by atoms with van der Waals surface area (Å²) in [7, 11) is -3.62. The number of rotatable bonds is 6. The van der Waals surface area contributed by atoms with Crippen LogP contribution in [0.25, 0.3) is 22.1 Å². The van der Waals surface area contributed by atoms with Crippen LogP contribution < -0.4 is 0 Å². The predicted molar refractivity (Wildman–Crippen MR) is 120 cm³/mol. The number of hydrogen-bond donors (Lipinski definition) is 0. The Labute approximate surface area is 186 Å². The fraction of sp³-hybridized carbons (Fsp3) is 0.318. The summed E-state index contributed by atoms with van der Waals surface area (Å²) in [6.07, 6.45) is 2.58. The molecule has 2 heterocycles. The molecule has 0 radical (unpaired) electrons. The minimum absolute atomic E-state index is 0.202. The second kappa shape index (κ2) is 9.08. The van der Waals surface area contributed by atoms with Gasteiger partial charge in [-0.25, -0.2) is 17.8 Å². The largest absolute Gasteiger partial charge is 0.379 e. The van der Waals surface area contributed by atoms with E-state index in [-0.39, 0.29) is 10.7 Å². The standard InChI is InChI=1S/C22H23ClFN3O3S/c1-2-9-27-21-8-7-18(31(28,29)26-10-12-30-13-11-26)15-20(21)25-22(27)19(23)14-16-3-5-17(24)6-4-16/h3-8,14-15H,2,9-13H2,1H3. The molecule has 0 unspecified atom stereocenters. The molecule has 1 aliphatic rings. The molecule has 0 spiro atoms. The van der Waals surface area contributed by atoms with Gasteiger partial charge in [-0.05, 0) is 48.4 Å². The van der Waals surface area contributed by atoms with Crippen molar-refractivity contribution in [2.45, 2.75) is 24.8 Å². The number of morpholine rings is 1. The number of fused-ring (bicyclic) bond motifs is 1. The normalized spacial score (nSPS) is 16.2. The van der Waals surface area contributed by atoms with Gasteiger partial charge in [0.05, 0.1) is 34.2 Å². The van der Waals surface area contributed by atoms with E-state index in [4.69, 9.17) is 16.3 Å². The van der Waals surface area contributed by atoms with Gasteiger partial charge in [0.15, 0.2) is 5.82 Å². The summed E-state index contributed by atoms with van der Waals surface area (Å²) < 4.78 is 47.9. The van der Waals surface area contributed by atoms with Crippen molar-refractivity contribution in [1.82, 2.24) is 13.9 Å². The topological polar surface area (TPSA) is 64.4 Å². The third-order valence-electron chi connectivity index (χ3n) is 5.15. The van der Waals surface area contributed by atoms with E-state index in [2.05, 4.69) is 4.98 Å². The van der Waals surface area contributed by atoms with Gasteiger partial charge in [0.2, 0.25) is 10.0 Å².